The fourth-order valence-electron chi connectivity index (χ4n) is 2.32. The van der Waals surface area contributed by atoms with Crippen LogP contribution in [0.3, 0.4) is 0 Å². The van der Waals surface area contributed by atoms with Gasteiger partial charge in [0.1, 0.15) is 0 Å². The molecule has 0 radical (unpaired) electrons. The van der Waals surface area contributed by atoms with Crippen molar-refractivity contribution in [2.24, 2.45) is 0 Å². The van der Waals surface area contributed by atoms with Gasteiger partial charge in [-0.05, 0) is 37.1 Å². The Hall–Kier alpha value is -2.56. The number of carboxylic acid groups (broad SMARTS) is 1. The van der Waals surface area contributed by atoms with Crippen LogP contribution < -0.4 is 0 Å². The van der Waals surface area contributed by atoms with E-state index in [1.165, 1.54) is 0 Å². The molecule has 0 saturated heterocycles. The van der Waals surface area contributed by atoms with Crippen LogP contribution in [0.4, 0.5) is 0 Å². The summed E-state index contributed by atoms with van der Waals surface area (Å²) in [5, 5.41) is 9.21. The predicted octanol–water partition coefficient (Wildman–Crippen LogP) is 3.30. The van der Waals surface area contributed by atoms with Crippen LogP contribution in [0.1, 0.15) is 46.7 Å². The number of rotatable bonds is 6. The van der Waals surface area contributed by atoms with E-state index in [4.69, 9.17) is 4.74 Å². The zero-order valence-corrected chi connectivity index (χ0v) is 12.7. The molecular weight excluding hydrogens is 282 g/mol. The molecule has 0 spiro atoms. The topological polar surface area (TPSA) is 68.5 Å². The van der Waals surface area contributed by atoms with Crippen LogP contribution in [0.25, 0.3) is 5.69 Å². The Morgan fingerprint density at radius 1 is 1.23 bits per heavy atom. The summed E-state index contributed by atoms with van der Waals surface area (Å²) in [6, 6.07) is 8.57. The molecule has 1 N–H and O–H groups in total. The van der Waals surface area contributed by atoms with Crippen molar-refractivity contribution in [2.45, 2.75) is 26.7 Å². The first kappa shape index (κ1) is 15.8. The third kappa shape index (κ3) is 3.19. The lowest BCUT2D eigenvalue weighted by atomic mass is 10.1. The maximum atomic E-state index is 11.9. The Labute approximate surface area is 129 Å². The lowest BCUT2D eigenvalue weighted by Crippen LogP contribution is -2.08. The summed E-state index contributed by atoms with van der Waals surface area (Å²) in [7, 11) is 0. The van der Waals surface area contributed by atoms with E-state index < -0.39 is 5.97 Å². The first-order valence-corrected chi connectivity index (χ1v) is 7.29. The number of benzene rings is 1. The fraction of sp³-hybridized carbons (Fsp3) is 0.294. The maximum Gasteiger partial charge on any atom is 0.338 e. The molecule has 2 aromatic rings. The standard InChI is InChI=1S/C17H19NO4/c1-3-10-22-17(21)12-6-5-7-13(11-12)18-9-8-14(16(19)20)15(18)4-2/h5-9,11H,3-4,10H2,1-2H3,(H,19,20). The summed E-state index contributed by atoms with van der Waals surface area (Å²) < 4.78 is 6.92. The van der Waals surface area contributed by atoms with Crippen LogP contribution in [0.5, 0.6) is 0 Å². The van der Waals surface area contributed by atoms with E-state index in [2.05, 4.69) is 0 Å². The van der Waals surface area contributed by atoms with Gasteiger partial charge in [-0.3, -0.25) is 0 Å². The van der Waals surface area contributed by atoms with Crippen molar-refractivity contribution < 1.29 is 19.4 Å². The summed E-state index contributed by atoms with van der Waals surface area (Å²) in [5.41, 5.74) is 2.18. The van der Waals surface area contributed by atoms with Gasteiger partial charge in [-0.2, -0.15) is 0 Å². The van der Waals surface area contributed by atoms with Gasteiger partial charge in [-0.1, -0.05) is 19.9 Å². The first-order valence-electron chi connectivity index (χ1n) is 7.29. The number of hydrogen-bond acceptors (Lipinski definition) is 3. The molecule has 2 rings (SSSR count). The van der Waals surface area contributed by atoms with Gasteiger partial charge in [0.15, 0.2) is 0 Å². The van der Waals surface area contributed by atoms with Crippen molar-refractivity contribution in [3.8, 4) is 5.69 Å². The molecule has 0 aliphatic heterocycles. The number of aromatic nitrogens is 1. The van der Waals surface area contributed by atoms with Crippen LogP contribution in [-0.4, -0.2) is 28.2 Å². The molecule has 0 bridgehead atoms. The fourth-order valence-corrected chi connectivity index (χ4v) is 2.32. The highest BCUT2D eigenvalue weighted by atomic mass is 16.5. The van der Waals surface area contributed by atoms with Crippen LogP contribution in [0.15, 0.2) is 36.5 Å². The largest absolute Gasteiger partial charge is 0.478 e. The molecule has 5 nitrogen and oxygen atoms in total. The lowest BCUT2D eigenvalue weighted by Gasteiger charge is -2.10. The van der Waals surface area contributed by atoms with Crippen molar-refractivity contribution in [3.63, 3.8) is 0 Å². The normalized spacial score (nSPS) is 10.5. The van der Waals surface area contributed by atoms with Gasteiger partial charge < -0.3 is 14.4 Å². The summed E-state index contributed by atoms with van der Waals surface area (Å²) in [5.74, 6) is -1.32. The average Bonchev–Trinajstić information content (AvgIpc) is 2.96. The van der Waals surface area contributed by atoms with Gasteiger partial charge in [0.05, 0.1) is 17.7 Å². The number of ether oxygens (including phenoxy) is 1. The minimum absolute atomic E-state index is 0.279. The van der Waals surface area contributed by atoms with Crippen molar-refractivity contribution >= 4 is 11.9 Å². The molecule has 1 heterocycles. The average molecular weight is 301 g/mol. The number of nitrogens with zero attached hydrogens (tertiary/aromatic N) is 1. The highest BCUT2D eigenvalue weighted by Crippen LogP contribution is 2.19. The highest BCUT2D eigenvalue weighted by Gasteiger charge is 2.15. The van der Waals surface area contributed by atoms with E-state index in [0.29, 0.717) is 24.3 Å². The highest BCUT2D eigenvalue weighted by molar-refractivity contribution is 5.91. The molecule has 0 amide bonds. The lowest BCUT2D eigenvalue weighted by molar-refractivity contribution is 0.0504. The maximum absolute atomic E-state index is 11.9. The van der Waals surface area contributed by atoms with Crippen molar-refractivity contribution in [3.05, 3.63) is 53.3 Å². The molecule has 0 saturated carbocycles. The Bertz CT molecular complexity index is 688. The molecule has 0 aliphatic carbocycles. The Morgan fingerprint density at radius 3 is 2.64 bits per heavy atom. The Kier molecular flexibility index (Phi) is 4.99. The van der Waals surface area contributed by atoms with E-state index >= 15 is 0 Å². The van der Waals surface area contributed by atoms with E-state index in [9.17, 15) is 14.7 Å². The van der Waals surface area contributed by atoms with Crippen molar-refractivity contribution in [1.29, 1.82) is 0 Å². The summed E-state index contributed by atoms with van der Waals surface area (Å²) in [6.07, 6.45) is 3.06. The number of aromatic carboxylic acids is 1. The number of esters is 1. The van der Waals surface area contributed by atoms with Crippen LogP contribution in [-0.2, 0) is 11.2 Å². The van der Waals surface area contributed by atoms with Gasteiger partial charge >= 0.3 is 11.9 Å². The minimum atomic E-state index is -0.950. The molecule has 5 heteroatoms. The second kappa shape index (κ2) is 6.93. The van der Waals surface area contributed by atoms with Crippen LogP contribution in [0, 0.1) is 0 Å². The van der Waals surface area contributed by atoms with Crippen molar-refractivity contribution in [2.75, 3.05) is 6.61 Å². The zero-order chi connectivity index (χ0) is 16.1. The smallest absolute Gasteiger partial charge is 0.338 e. The van der Waals surface area contributed by atoms with E-state index in [1.54, 1.807) is 35.0 Å². The van der Waals surface area contributed by atoms with Gasteiger partial charge in [-0.15, -0.1) is 0 Å². The molecule has 0 unspecified atom stereocenters. The minimum Gasteiger partial charge on any atom is -0.478 e. The molecule has 1 aromatic carbocycles. The van der Waals surface area contributed by atoms with E-state index in [-0.39, 0.29) is 11.5 Å². The summed E-state index contributed by atoms with van der Waals surface area (Å²) in [6.45, 7) is 4.22. The third-order valence-electron chi connectivity index (χ3n) is 3.35. The number of carbonyl (C=O) groups excluding carboxylic acids is 1. The molecule has 116 valence electrons. The Morgan fingerprint density at radius 2 is 2.00 bits per heavy atom. The number of carbonyl (C=O) groups is 2. The second-order valence-electron chi connectivity index (χ2n) is 4.89. The van der Waals surface area contributed by atoms with Gasteiger partial charge in [-0.25, -0.2) is 9.59 Å². The summed E-state index contributed by atoms with van der Waals surface area (Å²) in [4.78, 5) is 23.2. The van der Waals surface area contributed by atoms with Gasteiger partial charge in [0.2, 0.25) is 0 Å². The molecule has 1 aromatic heterocycles. The van der Waals surface area contributed by atoms with Crippen LogP contribution in [0.2, 0.25) is 0 Å². The van der Waals surface area contributed by atoms with Gasteiger partial charge in [0.25, 0.3) is 0 Å². The number of hydrogen-bond donors (Lipinski definition) is 1. The molecule has 22 heavy (non-hydrogen) atoms. The second-order valence-corrected chi connectivity index (χ2v) is 4.89. The molecule has 0 aliphatic rings. The molecule has 0 fully saturated rings. The summed E-state index contributed by atoms with van der Waals surface area (Å²) >= 11 is 0. The first-order chi connectivity index (χ1) is 10.6. The molecular formula is C17H19NO4. The quantitative estimate of drug-likeness (QED) is 0.831. The molecule has 0 atom stereocenters. The third-order valence-corrected chi connectivity index (χ3v) is 3.35. The van der Waals surface area contributed by atoms with E-state index in [1.807, 2.05) is 19.9 Å². The number of carboxylic acids is 1. The zero-order valence-electron chi connectivity index (χ0n) is 12.7. The Balaban J connectivity index is 2.38. The SMILES string of the molecule is CCCOC(=O)c1cccc(-n2ccc(C(=O)O)c2CC)c1. The predicted molar refractivity (Wildman–Crippen MR) is 82.7 cm³/mol. The van der Waals surface area contributed by atoms with Gasteiger partial charge in [0, 0.05) is 17.6 Å². The monoisotopic (exact) mass is 301 g/mol. The van der Waals surface area contributed by atoms with Crippen LogP contribution >= 0.6 is 0 Å². The van der Waals surface area contributed by atoms with E-state index in [0.717, 1.165) is 12.1 Å². The van der Waals surface area contributed by atoms with Crippen molar-refractivity contribution in [1.82, 2.24) is 4.57 Å².